The van der Waals surface area contributed by atoms with Crippen molar-refractivity contribution >= 4 is 23.7 Å². The standard InChI is InChI=1S/C4H6O3S/c1-6-4(5)2-7-3-8/h3H,2H2,1H3. The summed E-state index contributed by atoms with van der Waals surface area (Å²) in [7, 11) is 1.29. The fraction of sp³-hybridized carbons (Fsp3) is 0.500. The zero-order valence-electron chi connectivity index (χ0n) is 4.42. The monoisotopic (exact) mass is 134 g/mol. The Morgan fingerprint density at radius 2 is 2.50 bits per heavy atom. The predicted octanol–water partition coefficient (Wildman–Crippen LogP) is 0.133. The lowest BCUT2D eigenvalue weighted by Gasteiger charge is -1.94. The Labute approximate surface area is 52.6 Å². The van der Waals surface area contributed by atoms with Gasteiger partial charge in [0.1, 0.15) is 5.55 Å². The van der Waals surface area contributed by atoms with Crippen LogP contribution in [0.25, 0.3) is 0 Å². The van der Waals surface area contributed by atoms with E-state index < -0.39 is 5.97 Å². The zero-order chi connectivity index (χ0) is 6.41. The van der Waals surface area contributed by atoms with Crippen molar-refractivity contribution in [1.82, 2.24) is 0 Å². The molecule has 0 aliphatic rings. The van der Waals surface area contributed by atoms with Crippen LogP contribution in [0, 0.1) is 0 Å². The fourth-order valence-corrected chi connectivity index (χ4v) is 0.229. The number of rotatable bonds is 3. The second-order valence-corrected chi connectivity index (χ2v) is 1.18. The first-order valence-electron chi connectivity index (χ1n) is 1.93. The van der Waals surface area contributed by atoms with Gasteiger partial charge in [0.25, 0.3) is 0 Å². The molecule has 0 aliphatic heterocycles. The third-order valence-corrected chi connectivity index (χ3v) is 0.633. The van der Waals surface area contributed by atoms with Crippen LogP contribution in [-0.2, 0) is 14.3 Å². The summed E-state index contributed by atoms with van der Waals surface area (Å²) in [4.78, 5) is 10.2. The minimum atomic E-state index is -0.425. The molecule has 4 heteroatoms. The van der Waals surface area contributed by atoms with Crippen LogP contribution in [0.15, 0.2) is 0 Å². The fourth-order valence-electron chi connectivity index (χ4n) is 0.161. The highest BCUT2D eigenvalue weighted by molar-refractivity contribution is 7.78. The number of thiocarbonyl (C=S) groups is 1. The maximum Gasteiger partial charge on any atom is 0.343 e. The van der Waals surface area contributed by atoms with Crippen LogP contribution in [0.3, 0.4) is 0 Å². The SMILES string of the molecule is COC(=O)COC=S. The maximum absolute atomic E-state index is 10.2. The summed E-state index contributed by atoms with van der Waals surface area (Å²) in [5.41, 5.74) is 1.02. The van der Waals surface area contributed by atoms with Gasteiger partial charge < -0.3 is 9.47 Å². The quantitative estimate of drug-likeness (QED) is 0.406. The first-order valence-corrected chi connectivity index (χ1v) is 2.40. The average Bonchev–Trinajstić information content (AvgIpc) is 1.83. The van der Waals surface area contributed by atoms with Gasteiger partial charge in [-0.1, -0.05) is 0 Å². The lowest BCUT2D eigenvalue weighted by molar-refractivity contribution is -0.143. The number of carbonyl (C=O) groups is 1. The topological polar surface area (TPSA) is 35.5 Å². The molecule has 0 aromatic rings. The Morgan fingerprint density at radius 3 is 2.88 bits per heavy atom. The predicted molar refractivity (Wildman–Crippen MR) is 31.6 cm³/mol. The first kappa shape index (κ1) is 7.36. The van der Waals surface area contributed by atoms with Crippen LogP contribution >= 0.6 is 12.2 Å². The van der Waals surface area contributed by atoms with E-state index >= 15 is 0 Å². The number of ether oxygens (including phenoxy) is 2. The summed E-state index contributed by atoms with van der Waals surface area (Å²) in [6.07, 6.45) is 0. The van der Waals surface area contributed by atoms with Crippen molar-refractivity contribution in [3.63, 3.8) is 0 Å². The van der Waals surface area contributed by atoms with E-state index in [0.29, 0.717) is 0 Å². The van der Waals surface area contributed by atoms with Crippen LogP contribution in [0.5, 0.6) is 0 Å². The van der Waals surface area contributed by atoms with Gasteiger partial charge in [-0.2, -0.15) is 0 Å². The molecule has 0 fully saturated rings. The normalized spacial score (nSPS) is 7.62. The van der Waals surface area contributed by atoms with Crippen LogP contribution < -0.4 is 0 Å². The molecule has 0 aromatic carbocycles. The third kappa shape index (κ3) is 3.55. The molecule has 3 nitrogen and oxygen atoms in total. The van der Waals surface area contributed by atoms with Crippen LogP contribution in [-0.4, -0.2) is 25.2 Å². The van der Waals surface area contributed by atoms with Gasteiger partial charge in [-0.3, -0.25) is 0 Å². The van der Waals surface area contributed by atoms with Gasteiger partial charge in [0, 0.05) is 0 Å². The molecule has 0 amide bonds. The molecule has 0 aromatic heterocycles. The van der Waals surface area contributed by atoms with Crippen LogP contribution in [0.2, 0.25) is 0 Å². The summed E-state index contributed by atoms with van der Waals surface area (Å²) < 4.78 is 8.62. The van der Waals surface area contributed by atoms with E-state index in [1.807, 2.05) is 0 Å². The van der Waals surface area contributed by atoms with Crippen LogP contribution in [0.1, 0.15) is 0 Å². The zero-order valence-corrected chi connectivity index (χ0v) is 5.23. The Morgan fingerprint density at radius 1 is 1.88 bits per heavy atom. The number of carbonyl (C=O) groups excluding carboxylic acids is 1. The second-order valence-electron chi connectivity index (χ2n) is 0.983. The molecule has 0 rings (SSSR count). The highest BCUT2D eigenvalue weighted by Crippen LogP contribution is 1.73. The van der Waals surface area contributed by atoms with Gasteiger partial charge in [-0.05, 0) is 12.2 Å². The average molecular weight is 134 g/mol. The van der Waals surface area contributed by atoms with Crippen molar-refractivity contribution in [2.45, 2.75) is 0 Å². The molecule has 0 spiro atoms. The summed E-state index contributed by atoms with van der Waals surface area (Å²) in [5.74, 6) is -0.425. The molecule has 0 N–H and O–H groups in total. The van der Waals surface area contributed by atoms with E-state index in [1.54, 1.807) is 0 Å². The molecule has 0 bridgehead atoms. The van der Waals surface area contributed by atoms with E-state index in [9.17, 15) is 4.79 Å². The molecular formula is C4H6O3S. The van der Waals surface area contributed by atoms with Crippen molar-refractivity contribution < 1.29 is 14.3 Å². The van der Waals surface area contributed by atoms with Crippen molar-refractivity contribution in [2.75, 3.05) is 13.7 Å². The summed E-state index contributed by atoms with van der Waals surface area (Å²) in [6, 6.07) is 0. The molecule has 0 saturated carbocycles. The number of hydrogen-bond donors (Lipinski definition) is 0. The summed E-state index contributed by atoms with van der Waals surface area (Å²) in [5, 5.41) is 0. The number of esters is 1. The van der Waals surface area contributed by atoms with Gasteiger partial charge >= 0.3 is 5.97 Å². The van der Waals surface area contributed by atoms with Crippen molar-refractivity contribution in [2.24, 2.45) is 0 Å². The smallest absolute Gasteiger partial charge is 0.343 e. The van der Waals surface area contributed by atoms with Crippen LogP contribution in [0.4, 0.5) is 0 Å². The molecule has 8 heavy (non-hydrogen) atoms. The van der Waals surface area contributed by atoms with E-state index in [1.165, 1.54) is 7.11 Å². The second kappa shape index (κ2) is 4.52. The van der Waals surface area contributed by atoms with Gasteiger partial charge in [0.2, 0.25) is 0 Å². The Hall–Kier alpha value is -0.640. The molecule has 0 heterocycles. The minimum absolute atomic E-state index is 0.0972. The first-order chi connectivity index (χ1) is 3.81. The maximum atomic E-state index is 10.2. The highest BCUT2D eigenvalue weighted by Gasteiger charge is 1.95. The molecule has 0 unspecified atom stereocenters. The molecule has 0 atom stereocenters. The molecule has 0 saturated heterocycles. The molecular weight excluding hydrogens is 128 g/mol. The van der Waals surface area contributed by atoms with Crippen molar-refractivity contribution in [3.8, 4) is 0 Å². The van der Waals surface area contributed by atoms with E-state index in [4.69, 9.17) is 0 Å². The van der Waals surface area contributed by atoms with E-state index in [2.05, 4.69) is 21.7 Å². The molecule has 0 radical (unpaired) electrons. The van der Waals surface area contributed by atoms with E-state index in [-0.39, 0.29) is 6.61 Å². The lowest BCUT2D eigenvalue weighted by Crippen LogP contribution is -2.08. The minimum Gasteiger partial charge on any atom is -0.478 e. The Kier molecular flexibility index (Phi) is 4.16. The van der Waals surface area contributed by atoms with Gasteiger partial charge in [0.15, 0.2) is 6.61 Å². The summed E-state index contributed by atoms with van der Waals surface area (Å²) in [6.45, 7) is -0.0972. The lowest BCUT2D eigenvalue weighted by atomic mass is 10.7. The Balaban J connectivity index is 3.11. The molecule has 0 aliphatic carbocycles. The third-order valence-electron chi connectivity index (χ3n) is 0.497. The largest absolute Gasteiger partial charge is 0.478 e. The Bertz CT molecular complexity index is 91.3. The highest BCUT2D eigenvalue weighted by atomic mass is 32.1. The number of hydrogen-bond acceptors (Lipinski definition) is 4. The van der Waals surface area contributed by atoms with Gasteiger partial charge in [0.05, 0.1) is 7.11 Å². The van der Waals surface area contributed by atoms with Crippen molar-refractivity contribution in [1.29, 1.82) is 0 Å². The van der Waals surface area contributed by atoms with E-state index in [0.717, 1.165) is 5.55 Å². The summed E-state index contributed by atoms with van der Waals surface area (Å²) >= 11 is 4.26. The van der Waals surface area contributed by atoms with Gasteiger partial charge in [-0.25, -0.2) is 4.79 Å². The van der Waals surface area contributed by atoms with Crippen molar-refractivity contribution in [3.05, 3.63) is 0 Å². The number of methoxy groups -OCH3 is 1. The van der Waals surface area contributed by atoms with Gasteiger partial charge in [-0.15, -0.1) is 0 Å². The molecule has 46 valence electrons.